The van der Waals surface area contributed by atoms with Gasteiger partial charge in [-0.3, -0.25) is 4.79 Å². The van der Waals surface area contributed by atoms with Gasteiger partial charge in [0.25, 0.3) is 0 Å². The van der Waals surface area contributed by atoms with E-state index in [0.717, 1.165) is 12.8 Å². The van der Waals surface area contributed by atoms with Crippen molar-refractivity contribution in [1.82, 2.24) is 4.98 Å². The molecule has 2 N–H and O–H groups in total. The number of nitriles is 1. The predicted molar refractivity (Wildman–Crippen MR) is 59.6 cm³/mol. The molecule has 0 atom stereocenters. The van der Waals surface area contributed by atoms with E-state index in [1.165, 1.54) is 0 Å². The lowest BCUT2D eigenvalue weighted by atomic mass is 10.1. The highest BCUT2D eigenvalue weighted by molar-refractivity contribution is 5.94. The minimum absolute atomic E-state index is 0.0849. The molecule has 5 heteroatoms. The highest BCUT2D eigenvalue weighted by atomic mass is 16.2. The molecule has 0 aliphatic carbocycles. The minimum Gasteiger partial charge on any atom is -0.383 e. The number of rotatable bonds is 1. The SMILES string of the molecule is N#Cc1cc(N2CCCCC2=O)cnc1N. The lowest BCUT2D eigenvalue weighted by molar-refractivity contribution is -0.119. The van der Waals surface area contributed by atoms with Crippen molar-refractivity contribution in [3.63, 3.8) is 0 Å². The lowest BCUT2D eigenvalue weighted by Crippen LogP contribution is -2.35. The maximum absolute atomic E-state index is 11.7. The maximum Gasteiger partial charge on any atom is 0.227 e. The Kier molecular flexibility index (Phi) is 2.73. The van der Waals surface area contributed by atoms with E-state index in [2.05, 4.69) is 4.98 Å². The Labute approximate surface area is 93.5 Å². The van der Waals surface area contributed by atoms with Crippen LogP contribution >= 0.6 is 0 Å². The Morgan fingerprint density at radius 3 is 3.00 bits per heavy atom. The van der Waals surface area contributed by atoms with Crippen LogP contribution in [0.1, 0.15) is 24.8 Å². The first-order chi connectivity index (χ1) is 7.72. The van der Waals surface area contributed by atoms with Crippen molar-refractivity contribution in [3.05, 3.63) is 17.8 Å². The zero-order valence-corrected chi connectivity index (χ0v) is 8.81. The number of nitrogen functional groups attached to an aromatic ring is 1. The van der Waals surface area contributed by atoms with Crippen molar-refractivity contribution in [3.8, 4) is 6.07 Å². The summed E-state index contributed by atoms with van der Waals surface area (Å²) in [6, 6.07) is 3.58. The number of aromatic nitrogens is 1. The van der Waals surface area contributed by atoms with Crippen molar-refractivity contribution >= 4 is 17.4 Å². The standard InChI is InChI=1S/C11H12N4O/c12-6-8-5-9(7-14-11(8)13)15-4-2-1-3-10(15)16/h5,7H,1-4H2,(H2,13,14). The molecule has 0 saturated carbocycles. The summed E-state index contributed by atoms with van der Waals surface area (Å²) in [5, 5.41) is 8.83. The summed E-state index contributed by atoms with van der Waals surface area (Å²) in [5.74, 6) is 0.289. The number of nitrogens with zero attached hydrogens (tertiary/aromatic N) is 3. The van der Waals surface area contributed by atoms with E-state index in [9.17, 15) is 4.79 Å². The second-order valence-corrected chi connectivity index (χ2v) is 3.74. The van der Waals surface area contributed by atoms with Crippen LogP contribution in [0.25, 0.3) is 0 Å². The molecule has 82 valence electrons. The van der Waals surface area contributed by atoms with E-state index in [4.69, 9.17) is 11.0 Å². The van der Waals surface area contributed by atoms with Crippen molar-refractivity contribution in [2.24, 2.45) is 0 Å². The maximum atomic E-state index is 11.7. The van der Waals surface area contributed by atoms with Gasteiger partial charge in [-0.2, -0.15) is 5.26 Å². The molecule has 0 bridgehead atoms. The van der Waals surface area contributed by atoms with Crippen molar-refractivity contribution in [2.45, 2.75) is 19.3 Å². The number of anilines is 2. The van der Waals surface area contributed by atoms with Gasteiger partial charge < -0.3 is 10.6 Å². The molecule has 2 rings (SSSR count). The van der Waals surface area contributed by atoms with Gasteiger partial charge in [0.15, 0.2) is 0 Å². The number of amides is 1. The predicted octanol–water partition coefficient (Wildman–Crippen LogP) is 1.05. The zero-order chi connectivity index (χ0) is 11.5. The molecule has 1 amide bonds. The molecule has 2 heterocycles. The second kappa shape index (κ2) is 4.19. The first-order valence-corrected chi connectivity index (χ1v) is 5.18. The fourth-order valence-corrected chi connectivity index (χ4v) is 1.78. The highest BCUT2D eigenvalue weighted by Crippen LogP contribution is 2.22. The van der Waals surface area contributed by atoms with Gasteiger partial charge in [0.1, 0.15) is 11.9 Å². The minimum atomic E-state index is 0.0849. The number of carbonyl (C=O) groups excluding carboxylic acids is 1. The van der Waals surface area contributed by atoms with Crippen molar-refractivity contribution in [2.75, 3.05) is 17.2 Å². The summed E-state index contributed by atoms with van der Waals surface area (Å²) in [6.45, 7) is 0.690. The topological polar surface area (TPSA) is 83.0 Å². The van der Waals surface area contributed by atoms with E-state index < -0.39 is 0 Å². The van der Waals surface area contributed by atoms with Gasteiger partial charge in [-0.1, -0.05) is 0 Å². The Balaban J connectivity index is 2.33. The quantitative estimate of drug-likeness (QED) is 0.760. The number of hydrogen-bond acceptors (Lipinski definition) is 4. The van der Waals surface area contributed by atoms with Gasteiger partial charge in [-0.25, -0.2) is 4.98 Å². The van der Waals surface area contributed by atoms with Crippen LogP contribution in [0.5, 0.6) is 0 Å². The van der Waals surface area contributed by atoms with Crippen LogP contribution in [0.3, 0.4) is 0 Å². The Bertz CT molecular complexity index is 464. The molecule has 1 saturated heterocycles. The normalized spacial score (nSPS) is 15.9. The summed E-state index contributed by atoms with van der Waals surface area (Å²) in [7, 11) is 0. The average molecular weight is 216 g/mol. The van der Waals surface area contributed by atoms with Crippen LogP contribution < -0.4 is 10.6 Å². The third-order valence-corrected chi connectivity index (χ3v) is 2.66. The average Bonchev–Trinajstić information content (AvgIpc) is 2.31. The molecule has 0 unspecified atom stereocenters. The summed E-state index contributed by atoms with van der Waals surface area (Å²) >= 11 is 0. The molecular weight excluding hydrogens is 204 g/mol. The molecular formula is C11H12N4O. The van der Waals surface area contributed by atoms with Crippen LogP contribution in [0.2, 0.25) is 0 Å². The number of hydrogen-bond donors (Lipinski definition) is 1. The lowest BCUT2D eigenvalue weighted by Gasteiger charge is -2.26. The third-order valence-electron chi connectivity index (χ3n) is 2.66. The smallest absolute Gasteiger partial charge is 0.227 e. The van der Waals surface area contributed by atoms with E-state index in [0.29, 0.717) is 24.2 Å². The Hall–Kier alpha value is -2.09. The molecule has 1 aliphatic heterocycles. The zero-order valence-electron chi connectivity index (χ0n) is 8.81. The van der Waals surface area contributed by atoms with Crippen LogP contribution in [-0.4, -0.2) is 17.4 Å². The highest BCUT2D eigenvalue weighted by Gasteiger charge is 2.20. The summed E-state index contributed by atoms with van der Waals surface area (Å²) in [6.07, 6.45) is 4.02. The second-order valence-electron chi connectivity index (χ2n) is 3.74. The van der Waals surface area contributed by atoms with Crippen LogP contribution in [0, 0.1) is 11.3 Å². The fourth-order valence-electron chi connectivity index (χ4n) is 1.78. The molecule has 5 nitrogen and oxygen atoms in total. The Morgan fingerprint density at radius 1 is 1.50 bits per heavy atom. The molecule has 1 aromatic heterocycles. The molecule has 1 aromatic rings. The molecule has 0 aromatic carbocycles. The Morgan fingerprint density at radius 2 is 2.31 bits per heavy atom. The summed E-state index contributed by atoms with van der Waals surface area (Å²) in [5.41, 5.74) is 6.51. The summed E-state index contributed by atoms with van der Waals surface area (Å²) < 4.78 is 0. The molecule has 1 aliphatic rings. The molecule has 16 heavy (non-hydrogen) atoms. The number of piperidine rings is 1. The largest absolute Gasteiger partial charge is 0.383 e. The molecule has 0 spiro atoms. The summed E-state index contributed by atoms with van der Waals surface area (Å²) in [4.78, 5) is 17.2. The van der Waals surface area contributed by atoms with Gasteiger partial charge >= 0.3 is 0 Å². The van der Waals surface area contributed by atoms with Gasteiger partial charge in [0, 0.05) is 13.0 Å². The molecule has 1 fully saturated rings. The van der Waals surface area contributed by atoms with Crippen LogP contribution in [-0.2, 0) is 4.79 Å². The van der Waals surface area contributed by atoms with Crippen molar-refractivity contribution in [1.29, 1.82) is 5.26 Å². The number of nitrogens with two attached hydrogens (primary N) is 1. The van der Waals surface area contributed by atoms with Crippen LogP contribution in [0.15, 0.2) is 12.3 Å². The van der Waals surface area contributed by atoms with Gasteiger partial charge in [0.05, 0.1) is 17.4 Å². The van der Waals surface area contributed by atoms with Crippen molar-refractivity contribution < 1.29 is 4.79 Å². The third kappa shape index (κ3) is 1.82. The number of carbonyl (C=O) groups is 1. The van der Waals surface area contributed by atoms with Crippen LogP contribution in [0.4, 0.5) is 11.5 Å². The molecule has 0 radical (unpaired) electrons. The van der Waals surface area contributed by atoms with E-state index in [1.807, 2.05) is 6.07 Å². The first kappa shape index (κ1) is 10.4. The van der Waals surface area contributed by atoms with Gasteiger partial charge in [-0.15, -0.1) is 0 Å². The van der Waals surface area contributed by atoms with Gasteiger partial charge in [-0.05, 0) is 18.9 Å². The van der Waals surface area contributed by atoms with E-state index >= 15 is 0 Å². The fraction of sp³-hybridized carbons (Fsp3) is 0.364. The first-order valence-electron chi connectivity index (χ1n) is 5.18. The number of pyridine rings is 1. The monoisotopic (exact) mass is 216 g/mol. The van der Waals surface area contributed by atoms with E-state index in [-0.39, 0.29) is 11.7 Å². The van der Waals surface area contributed by atoms with Gasteiger partial charge in [0.2, 0.25) is 5.91 Å². The van der Waals surface area contributed by atoms with E-state index in [1.54, 1.807) is 17.2 Å².